The van der Waals surface area contributed by atoms with E-state index >= 15 is 0 Å². The summed E-state index contributed by atoms with van der Waals surface area (Å²) < 4.78 is 16.0. The molecule has 132 valence electrons. The molecule has 0 atom stereocenters. The lowest BCUT2D eigenvalue weighted by Crippen LogP contribution is -2.33. The molecule has 2 aliphatic heterocycles. The average Bonchev–Trinajstić information content (AvgIpc) is 3.18. The van der Waals surface area contributed by atoms with Crippen molar-refractivity contribution in [2.45, 2.75) is 6.42 Å². The Morgan fingerprint density at radius 2 is 1.96 bits per heavy atom. The number of aliphatic imine (C=N–C) groups is 1. The second-order valence-corrected chi connectivity index (χ2v) is 6.09. The van der Waals surface area contributed by atoms with Crippen molar-refractivity contribution < 1.29 is 23.8 Å². The third-order valence-electron chi connectivity index (χ3n) is 4.07. The highest BCUT2D eigenvalue weighted by molar-refractivity contribution is 6.54. The smallest absolute Gasteiger partial charge is 0.355 e. The summed E-state index contributed by atoms with van der Waals surface area (Å²) in [6, 6.07) is 9.26. The van der Waals surface area contributed by atoms with E-state index in [-0.39, 0.29) is 18.9 Å². The molecule has 2 heterocycles. The van der Waals surface area contributed by atoms with Crippen LogP contribution in [0.4, 0.5) is 10.5 Å². The molecule has 0 spiro atoms. The molecule has 2 aromatic carbocycles. The van der Waals surface area contributed by atoms with Gasteiger partial charge in [-0.1, -0.05) is 17.7 Å². The molecule has 0 N–H and O–H groups in total. The van der Waals surface area contributed by atoms with Crippen LogP contribution in [-0.2, 0) is 11.2 Å². The maximum absolute atomic E-state index is 12.7. The Labute approximate surface area is 153 Å². The molecule has 3 amide bonds. The van der Waals surface area contributed by atoms with Crippen molar-refractivity contribution in [3.8, 4) is 17.2 Å². The Morgan fingerprint density at radius 1 is 1.19 bits per heavy atom. The number of ether oxygens (including phenoxy) is 3. The second kappa shape index (κ2) is 6.34. The molecule has 2 aromatic rings. The summed E-state index contributed by atoms with van der Waals surface area (Å²) in [7, 11) is 1.52. The van der Waals surface area contributed by atoms with Crippen molar-refractivity contribution in [3.63, 3.8) is 0 Å². The number of methoxy groups -OCH3 is 1. The number of anilines is 1. The molecule has 4 rings (SSSR count). The van der Waals surface area contributed by atoms with E-state index in [1.54, 1.807) is 30.3 Å². The van der Waals surface area contributed by atoms with E-state index in [9.17, 15) is 9.59 Å². The number of imide groups is 1. The fourth-order valence-corrected chi connectivity index (χ4v) is 3.05. The van der Waals surface area contributed by atoms with Crippen LogP contribution in [0.2, 0.25) is 5.02 Å². The van der Waals surface area contributed by atoms with Crippen LogP contribution in [0, 0.1) is 0 Å². The van der Waals surface area contributed by atoms with Gasteiger partial charge in [0.15, 0.2) is 11.5 Å². The number of amides is 3. The molecule has 8 heteroatoms. The van der Waals surface area contributed by atoms with Crippen LogP contribution < -0.4 is 19.1 Å². The van der Waals surface area contributed by atoms with Crippen LogP contribution in [0.15, 0.2) is 41.4 Å². The third-order valence-corrected chi connectivity index (χ3v) is 4.31. The normalized spacial score (nSPS) is 15.5. The van der Waals surface area contributed by atoms with Gasteiger partial charge in [0.25, 0.3) is 5.91 Å². The Morgan fingerprint density at radius 3 is 2.69 bits per heavy atom. The number of urea groups is 1. The summed E-state index contributed by atoms with van der Waals surface area (Å²) in [5.41, 5.74) is 1.17. The van der Waals surface area contributed by atoms with Crippen molar-refractivity contribution in [1.82, 2.24) is 0 Å². The number of nitrogens with zero attached hydrogens (tertiary/aromatic N) is 2. The molecule has 0 unspecified atom stereocenters. The standard InChI is InChI=1S/C18H13ClN2O5/c1-24-14-8-16-15(25-9-26-16)6-10(14)5-13-17(22)21(18(23)20-13)12-4-2-3-11(19)7-12/h2-4,6-8H,5,9H2,1H3. The molecule has 2 aliphatic rings. The van der Waals surface area contributed by atoms with Gasteiger partial charge in [-0.3, -0.25) is 4.79 Å². The second-order valence-electron chi connectivity index (χ2n) is 5.66. The molecule has 26 heavy (non-hydrogen) atoms. The molecule has 0 aliphatic carbocycles. The first kappa shape index (κ1) is 16.4. The SMILES string of the molecule is COc1cc2c(cc1CC1=NC(=O)N(c3cccc(Cl)c3)C1=O)OCO2. The summed E-state index contributed by atoms with van der Waals surface area (Å²) in [6.07, 6.45) is 0.126. The van der Waals surface area contributed by atoms with Gasteiger partial charge in [0.2, 0.25) is 6.79 Å². The van der Waals surface area contributed by atoms with Crippen molar-refractivity contribution in [2.24, 2.45) is 4.99 Å². The third kappa shape index (κ3) is 2.76. The Balaban J connectivity index is 1.63. The van der Waals surface area contributed by atoms with Crippen LogP contribution in [0.5, 0.6) is 17.2 Å². The van der Waals surface area contributed by atoms with E-state index in [1.807, 2.05) is 0 Å². The van der Waals surface area contributed by atoms with Gasteiger partial charge in [0.1, 0.15) is 11.5 Å². The van der Waals surface area contributed by atoms with Gasteiger partial charge in [-0.25, -0.2) is 9.69 Å². The predicted molar refractivity (Wildman–Crippen MR) is 94.6 cm³/mol. The van der Waals surface area contributed by atoms with Gasteiger partial charge in [-0.2, -0.15) is 4.99 Å². The molecule has 0 radical (unpaired) electrons. The number of carbonyl (C=O) groups is 2. The monoisotopic (exact) mass is 372 g/mol. The zero-order chi connectivity index (χ0) is 18.3. The minimum atomic E-state index is -0.646. The number of fused-ring (bicyclic) bond motifs is 1. The lowest BCUT2D eigenvalue weighted by molar-refractivity contribution is -0.111. The van der Waals surface area contributed by atoms with Gasteiger partial charge >= 0.3 is 6.03 Å². The summed E-state index contributed by atoms with van der Waals surface area (Å²) in [5.74, 6) is 1.17. The van der Waals surface area contributed by atoms with E-state index in [0.29, 0.717) is 33.5 Å². The zero-order valence-electron chi connectivity index (χ0n) is 13.7. The van der Waals surface area contributed by atoms with Crippen LogP contribution in [0.25, 0.3) is 0 Å². The number of halogens is 1. The first-order valence-electron chi connectivity index (χ1n) is 7.75. The predicted octanol–water partition coefficient (Wildman–Crippen LogP) is 3.23. The lowest BCUT2D eigenvalue weighted by atomic mass is 10.1. The Hall–Kier alpha value is -3.06. The summed E-state index contributed by atoms with van der Waals surface area (Å²) >= 11 is 5.95. The van der Waals surface area contributed by atoms with Crippen LogP contribution >= 0.6 is 11.6 Å². The van der Waals surface area contributed by atoms with Gasteiger partial charge < -0.3 is 14.2 Å². The van der Waals surface area contributed by atoms with E-state index in [0.717, 1.165) is 4.90 Å². The number of carbonyl (C=O) groups excluding carboxylic acids is 2. The van der Waals surface area contributed by atoms with Crippen LogP contribution in [-0.4, -0.2) is 31.6 Å². The quantitative estimate of drug-likeness (QED) is 0.823. The summed E-state index contributed by atoms with van der Waals surface area (Å²) in [5, 5.41) is 0.425. The van der Waals surface area contributed by atoms with Gasteiger partial charge in [0.05, 0.1) is 12.8 Å². The molecular formula is C18H13ClN2O5. The topological polar surface area (TPSA) is 77.4 Å². The molecule has 0 saturated carbocycles. The van der Waals surface area contributed by atoms with Crippen molar-refractivity contribution >= 4 is 34.9 Å². The van der Waals surface area contributed by atoms with E-state index in [2.05, 4.69) is 4.99 Å². The highest BCUT2D eigenvalue weighted by Crippen LogP contribution is 2.38. The number of hydrogen-bond acceptors (Lipinski definition) is 5. The molecule has 0 aromatic heterocycles. The lowest BCUT2D eigenvalue weighted by Gasteiger charge is -2.13. The minimum absolute atomic E-state index is 0.118. The van der Waals surface area contributed by atoms with Gasteiger partial charge in [-0.05, 0) is 24.3 Å². The highest BCUT2D eigenvalue weighted by Gasteiger charge is 2.35. The van der Waals surface area contributed by atoms with Gasteiger partial charge in [-0.15, -0.1) is 0 Å². The van der Waals surface area contributed by atoms with Crippen molar-refractivity contribution in [1.29, 1.82) is 0 Å². The maximum Gasteiger partial charge on any atom is 0.355 e. The zero-order valence-corrected chi connectivity index (χ0v) is 14.4. The van der Waals surface area contributed by atoms with Crippen molar-refractivity contribution in [2.75, 3.05) is 18.8 Å². The summed E-state index contributed by atoms with van der Waals surface area (Å²) in [6.45, 7) is 0.128. The molecular weight excluding hydrogens is 360 g/mol. The minimum Gasteiger partial charge on any atom is -0.496 e. The molecule has 0 bridgehead atoms. The average molecular weight is 373 g/mol. The molecule has 7 nitrogen and oxygen atoms in total. The first-order chi connectivity index (χ1) is 12.6. The number of hydrogen-bond donors (Lipinski definition) is 0. The maximum atomic E-state index is 12.7. The number of rotatable bonds is 4. The molecule has 0 saturated heterocycles. The Bertz CT molecular complexity index is 957. The fourth-order valence-electron chi connectivity index (χ4n) is 2.86. The van der Waals surface area contributed by atoms with E-state index in [1.165, 1.54) is 13.2 Å². The van der Waals surface area contributed by atoms with E-state index in [4.69, 9.17) is 25.8 Å². The first-order valence-corrected chi connectivity index (χ1v) is 8.12. The van der Waals surface area contributed by atoms with Crippen LogP contribution in [0.3, 0.4) is 0 Å². The summed E-state index contributed by atoms with van der Waals surface area (Å²) in [4.78, 5) is 29.8. The van der Waals surface area contributed by atoms with Crippen LogP contribution in [0.1, 0.15) is 5.56 Å². The molecule has 0 fully saturated rings. The van der Waals surface area contributed by atoms with Gasteiger partial charge in [0, 0.05) is 23.1 Å². The highest BCUT2D eigenvalue weighted by atomic mass is 35.5. The fraction of sp³-hybridized carbons (Fsp3) is 0.167. The Kier molecular flexibility index (Phi) is 4.00. The largest absolute Gasteiger partial charge is 0.496 e. The van der Waals surface area contributed by atoms with E-state index < -0.39 is 11.9 Å². The number of benzene rings is 2. The van der Waals surface area contributed by atoms with Crippen molar-refractivity contribution in [3.05, 3.63) is 47.0 Å².